The molecule has 4 saturated heterocycles. The normalized spacial score (nSPS) is 30.9. The van der Waals surface area contributed by atoms with Crippen LogP contribution < -0.4 is 9.64 Å². The van der Waals surface area contributed by atoms with Crippen molar-refractivity contribution in [1.29, 1.82) is 0 Å². The molecule has 0 spiro atoms. The average Bonchev–Trinajstić information content (AvgIpc) is 3.50. The van der Waals surface area contributed by atoms with Gasteiger partial charge in [0.25, 0.3) is 0 Å². The minimum absolute atomic E-state index is 0.0521. The smallest absolute Gasteiger partial charge is 0.410 e. The van der Waals surface area contributed by atoms with Gasteiger partial charge >= 0.3 is 12.1 Å². The molecule has 0 radical (unpaired) electrons. The van der Waals surface area contributed by atoms with E-state index < -0.39 is 17.6 Å². The summed E-state index contributed by atoms with van der Waals surface area (Å²) in [4.78, 5) is 29.1. The fourth-order valence-electron chi connectivity index (χ4n) is 7.99. The van der Waals surface area contributed by atoms with Crippen LogP contribution in [-0.2, 0) is 11.2 Å². The topological polar surface area (TPSA) is 71.0 Å². The van der Waals surface area contributed by atoms with E-state index in [9.17, 15) is 9.18 Å². The van der Waals surface area contributed by atoms with Gasteiger partial charge in [-0.25, -0.2) is 13.6 Å². The number of aromatic nitrogens is 2. The molecule has 2 bridgehead atoms. The van der Waals surface area contributed by atoms with Crippen LogP contribution in [0.4, 0.5) is 19.4 Å². The number of alkyl halides is 1. The second kappa shape index (κ2) is 9.77. The Hall–Kier alpha value is -1.98. The van der Waals surface area contributed by atoms with Crippen LogP contribution in [0.5, 0.6) is 6.01 Å². The van der Waals surface area contributed by atoms with Crippen molar-refractivity contribution in [2.45, 2.75) is 101 Å². The lowest BCUT2D eigenvalue weighted by molar-refractivity contribution is 0.00721. The molecule has 6 heterocycles. The SMILES string of the molecule is CC(C)(C)OC(=O)N1[C@@H]2CC[C@H]1[C@H]1CCc3c(Cl)c(Br)c(F)c4nc(OC[C@@]56CCCN5C[C@H](F)C6)nc(c34)N1C2. The maximum Gasteiger partial charge on any atom is 0.410 e. The third-order valence-corrected chi connectivity index (χ3v) is 11.0. The second-order valence-corrected chi connectivity index (χ2v) is 14.5. The van der Waals surface area contributed by atoms with Crippen LogP contribution in [0.2, 0.25) is 5.02 Å². The summed E-state index contributed by atoms with van der Waals surface area (Å²) in [5.41, 5.74) is -0.0146. The predicted octanol–water partition coefficient (Wildman–Crippen LogP) is 6.04. The van der Waals surface area contributed by atoms with Gasteiger partial charge in [-0.05, 0) is 87.3 Å². The van der Waals surface area contributed by atoms with E-state index in [1.54, 1.807) is 0 Å². The van der Waals surface area contributed by atoms with E-state index in [1.807, 2.05) is 25.7 Å². The molecule has 0 unspecified atom stereocenters. The number of rotatable bonds is 3. The Bertz CT molecular complexity index is 1430. The number of nitrogens with zero attached hydrogens (tertiary/aromatic N) is 5. The number of carbonyl (C=O) groups is 1. The molecule has 41 heavy (non-hydrogen) atoms. The summed E-state index contributed by atoms with van der Waals surface area (Å²) in [5, 5.41) is 0.920. The Kier molecular flexibility index (Phi) is 6.63. The van der Waals surface area contributed by atoms with Crippen LogP contribution >= 0.6 is 27.5 Å². The first-order chi connectivity index (χ1) is 19.5. The summed E-state index contributed by atoms with van der Waals surface area (Å²) < 4.78 is 42.4. The summed E-state index contributed by atoms with van der Waals surface area (Å²) in [6.07, 6.45) is 4.12. The number of anilines is 1. The predicted molar refractivity (Wildman–Crippen MR) is 155 cm³/mol. The van der Waals surface area contributed by atoms with E-state index in [2.05, 4.69) is 30.7 Å². The fraction of sp³-hybridized carbons (Fsp3) is 0.690. The van der Waals surface area contributed by atoms with Gasteiger partial charge in [-0.3, -0.25) is 9.80 Å². The summed E-state index contributed by atoms with van der Waals surface area (Å²) in [5.74, 6) is 0.0357. The largest absolute Gasteiger partial charge is 0.461 e. The first-order valence-corrected chi connectivity index (χ1v) is 15.8. The number of aryl methyl sites for hydroxylation is 1. The summed E-state index contributed by atoms with van der Waals surface area (Å²) in [6, 6.07) is -0.0878. The maximum absolute atomic E-state index is 15.8. The number of fused-ring (bicyclic) bond motifs is 6. The number of benzene rings is 1. The molecule has 2 aromatic rings. The number of hydrogen-bond donors (Lipinski definition) is 0. The molecule has 12 heteroatoms. The van der Waals surface area contributed by atoms with E-state index in [1.165, 1.54) is 0 Å². The summed E-state index contributed by atoms with van der Waals surface area (Å²) in [7, 11) is 0. The van der Waals surface area contributed by atoms with Gasteiger partial charge in [0.1, 0.15) is 29.7 Å². The van der Waals surface area contributed by atoms with E-state index in [-0.39, 0.29) is 52.4 Å². The van der Waals surface area contributed by atoms with Crippen molar-refractivity contribution in [3.05, 3.63) is 20.9 Å². The van der Waals surface area contributed by atoms with Crippen LogP contribution in [0.15, 0.2) is 4.47 Å². The van der Waals surface area contributed by atoms with Crippen molar-refractivity contribution < 1.29 is 23.0 Å². The van der Waals surface area contributed by atoms with Gasteiger partial charge in [0.2, 0.25) is 0 Å². The second-order valence-electron chi connectivity index (χ2n) is 13.3. The van der Waals surface area contributed by atoms with Crippen molar-refractivity contribution in [3.63, 3.8) is 0 Å². The molecule has 222 valence electrons. The lowest BCUT2D eigenvalue weighted by Crippen LogP contribution is -2.62. The molecule has 0 aliphatic carbocycles. The van der Waals surface area contributed by atoms with Crippen molar-refractivity contribution >= 4 is 50.3 Å². The molecule has 0 N–H and O–H groups in total. The number of halogens is 4. The van der Waals surface area contributed by atoms with Gasteiger partial charge in [-0.2, -0.15) is 9.97 Å². The lowest BCUT2D eigenvalue weighted by atomic mass is 9.95. The van der Waals surface area contributed by atoms with E-state index >= 15 is 4.39 Å². The highest BCUT2D eigenvalue weighted by Gasteiger charge is 2.52. The molecule has 1 amide bonds. The zero-order valence-corrected chi connectivity index (χ0v) is 25.9. The third kappa shape index (κ3) is 4.47. The van der Waals surface area contributed by atoms with E-state index in [4.69, 9.17) is 26.1 Å². The van der Waals surface area contributed by atoms with Crippen LogP contribution in [0.25, 0.3) is 10.9 Å². The van der Waals surface area contributed by atoms with Crippen LogP contribution in [0.1, 0.15) is 64.9 Å². The first-order valence-electron chi connectivity index (χ1n) is 14.6. The van der Waals surface area contributed by atoms with Crippen molar-refractivity contribution in [1.82, 2.24) is 19.8 Å². The molecular weight excluding hydrogens is 620 g/mol. The zero-order valence-electron chi connectivity index (χ0n) is 23.6. The monoisotopic (exact) mass is 653 g/mol. The standard InChI is InChI=1S/C29H35BrClF2N5O3/c1-28(2,3)41-27(39)38-16-5-7-19(38)18-8-6-17-20-24(23(33)21(30)22(17)31)34-26(35-25(20)37(18)13-16)40-14-29-9-4-10-36(29)12-15(32)11-29/h15-16,18-19H,4-14H2,1-3H3/t15-,16-,18-,19+,29+/m1/s1. The Morgan fingerprint density at radius 3 is 2.78 bits per heavy atom. The van der Waals surface area contributed by atoms with Crippen LogP contribution in [0.3, 0.4) is 0 Å². The summed E-state index contributed by atoms with van der Waals surface area (Å²) >= 11 is 10.1. The van der Waals surface area contributed by atoms with Gasteiger partial charge in [0.05, 0.1) is 38.5 Å². The summed E-state index contributed by atoms with van der Waals surface area (Å²) in [6.45, 7) is 7.70. The molecule has 7 rings (SSSR count). The van der Waals surface area contributed by atoms with Crippen molar-refractivity contribution in [2.24, 2.45) is 0 Å². The molecule has 1 aromatic carbocycles. The van der Waals surface area contributed by atoms with Gasteiger partial charge in [-0.1, -0.05) is 11.6 Å². The third-order valence-electron chi connectivity index (χ3n) is 9.63. The Labute approximate surface area is 251 Å². The molecule has 1 aromatic heterocycles. The van der Waals surface area contributed by atoms with Gasteiger partial charge in [0.15, 0.2) is 5.82 Å². The molecule has 0 saturated carbocycles. The van der Waals surface area contributed by atoms with Gasteiger partial charge < -0.3 is 14.4 Å². The average molecular weight is 655 g/mol. The highest BCUT2D eigenvalue weighted by molar-refractivity contribution is 9.10. The molecule has 8 nitrogen and oxygen atoms in total. The number of ether oxygens (including phenoxy) is 2. The number of piperazine rings is 1. The Balaban J connectivity index is 1.28. The first kappa shape index (κ1) is 27.8. The van der Waals surface area contributed by atoms with Crippen LogP contribution in [-0.4, -0.2) is 87.5 Å². The zero-order chi connectivity index (χ0) is 28.8. The number of hydrogen-bond acceptors (Lipinski definition) is 7. The minimum atomic E-state index is -0.878. The Morgan fingerprint density at radius 2 is 2.00 bits per heavy atom. The van der Waals surface area contributed by atoms with Crippen LogP contribution in [0, 0.1) is 5.82 Å². The number of carbonyl (C=O) groups excluding carboxylic acids is 1. The minimum Gasteiger partial charge on any atom is -0.461 e. The van der Waals surface area contributed by atoms with Gasteiger partial charge in [0, 0.05) is 19.5 Å². The van der Waals surface area contributed by atoms with Gasteiger partial charge in [-0.15, -0.1) is 0 Å². The lowest BCUT2D eigenvalue weighted by Gasteiger charge is -2.47. The molecule has 4 fully saturated rings. The van der Waals surface area contributed by atoms with Crippen molar-refractivity contribution in [3.8, 4) is 6.01 Å². The number of amides is 1. The Morgan fingerprint density at radius 1 is 1.20 bits per heavy atom. The fourth-order valence-corrected chi connectivity index (χ4v) is 8.68. The maximum atomic E-state index is 15.8. The van der Waals surface area contributed by atoms with E-state index in [0.717, 1.165) is 37.8 Å². The molecule has 5 aliphatic rings. The molecular formula is C29H35BrClF2N5O3. The highest BCUT2D eigenvalue weighted by atomic mass is 79.9. The molecule has 5 aliphatic heterocycles. The highest BCUT2D eigenvalue weighted by Crippen LogP contribution is 2.48. The van der Waals surface area contributed by atoms with E-state index in [0.29, 0.717) is 48.6 Å². The quantitative estimate of drug-likeness (QED) is 0.374. The van der Waals surface area contributed by atoms with Crippen molar-refractivity contribution in [2.75, 3.05) is 31.1 Å². The molecule has 5 atom stereocenters.